The van der Waals surface area contributed by atoms with Crippen LogP contribution in [0.1, 0.15) is 23.6 Å². The highest BCUT2D eigenvalue weighted by Crippen LogP contribution is 2.18. The normalized spacial score (nSPS) is 11.3. The molecule has 0 fully saturated rings. The van der Waals surface area contributed by atoms with Gasteiger partial charge in [-0.15, -0.1) is 0 Å². The molecular weight excluding hydrogens is 408 g/mol. The smallest absolute Gasteiger partial charge is 0.329 e. The van der Waals surface area contributed by atoms with E-state index in [4.69, 9.17) is 4.74 Å². The van der Waals surface area contributed by atoms with E-state index < -0.39 is 11.2 Å². The summed E-state index contributed by atoms with van der Waals surface area (Å²) in [6.07, 6.45) is 1.65. The Kier molecular flexibility index (Phi) is 5.89. The van der Waals surface area contributed by atoms with Crippen LogP contribution in [0.15, 0.2) is 63.2 Å². The van der Waals surface area contributed by atoms with E-state index in [0.717, 1.165) is 22.4 Å². The third-order valence-electron chi connectivity index (χ3n) is 5.00. The summed E-state index contributed by atoms with van der Waals surface area (Å²) in [4.78, 5) is 31.5. The summed E-state index contributed by atoms with van der Waals surface area (Å²) in [5.74, 6) is 1.15. The number of hydrogen-bond donors (Lipinski definition) is 2. The molecule has 0 spiro atoms. The van der Waals surface area contributed by atoms with Crippen LogP contribution in [0.3, 0.4) is 0 Å². The van der Waals surface area contributed by atoms with Gasteiger partial charge in [0.1, 0.15) is 5.75 Å². The van der Waals surface area contributed by atoms with Gasteiger partial charge in [0.05, 0.1) is 19.4 Å². The van der Waals surface area contributed by atoms with Gasteiger partial charge in [0.2, 0.25) is 5.95 Å². The number of rotatable bonds is 7. The van der Waals surface area contributed by atoms with Crippen LogP contribution >= 0.6 is 0 Å². The average Bonchev–Trinajstić information content (AvgIpc) is 3.12. The fourth-order valence-electron chi connectivity index (χ4n) is 3.45. The van der Waals surface area contributed by atoms with Gasteiger partial charge in [0, 0.05) is 7.05 Å². The first-order chi connectivity index (χ1) is 15.5. The second-order valence-corrected chi connectivity index (χ2v) is 7.37. The molecule has 0 radical (unpaired) electrons. The maximum atomic E-state index is 12.6. The highest BCUT2D eigenvalue weighted by Gasteiger charge is 2.17. The van der Waals surface area contributed by atoms with Crippen LogP contribution in [0.25, 0.3) is 11.2 Å². The molecule has 0 saturated carbocycles. The lowest BCUT2D eigenvalue weighted by atomic mass is 10.1. The first-order valence-corrected chi connectivity index (χ1v) is 10.2. The van der Waals surface area contributed by atoms with Crippen molar-refractivity contribution >= 4 is 23.3 Å². The minimum atomic E-state index is -0.521. The van der Waals surface area contributed by atoms with E-state index in [1.54, 1.807) is 17.8 Å². The van der Waals surface area contributed by atoms with Gasteiger partial charge in [-0.25, -0.2) is 10.2 Å². The van der Waals surface area contributed by atoms with Gasteiger partial charge in [-0.3, -0.25) is 18.9 Å². The lowest BCUT2D eigenvalue weighted by Gasteiger charge is -2.09. The van der Waals surface area contributed by atoms with Crippen molar-refractivity contribution in [1.82, 2.24) is 19.1 Å². The van der Waals surface area contributed by atoms with Gasteiger partial charge in [-0.2, -0.15) is 10.1 Å². The summed E-state index contributed by atoms with van der Waals surface area (Å²) in [5.41, 5.74) is 5.46. The molecule has 2 heterocycles. The van der Waals surface area contributed by atoms with Crippen LogP contribution in [0.2, 0.25) is 0 Å². The maximum Gasteiger partial charge on any atom is 0.329 e. The lowest BCUT2D eigenvalue weighted by molar-refractivity contribution is 0.340. The Morgan fingerprint density at radius 1 is 1.19 bits per heavy atom. The molecule has 0 aliphatic carbocycles. The Morgan fingerprint density at radius 3 is 2.69 bits per heavy atom. The van der Waals surface area contributed by atoms with Crippen molar-refractivity contribution < 1.29 is 4.74 Å². The van der Waals surface area contributed by atoms with Crippen LogP contribution in [0, 0.1) is 6.92 Å². The monoisotopic (exact) mass is 432 g/mol. The Labute approximate surface area is 184 Å². The number of anilines is 1. The maximum absolute atomic E-state index is 12.6. The van der Waals surface area contributed by atoms with Gasteiger partial charge in [-0.05, 0) is 49.2 Å². The van der Waals surface area contributed by atoms with E-state index in [1.165, 1.54) is 4.57 Å². The van der Waals surface area contributed by atoms with Gasteiger partial charge in [0.15, 0.2) is 11.2 Å². The SMILES string of the molecule is CCOc1ccc(/C=N/Nc2nc3c(c(=O)[nH]c(=O)n3C)n2Cc2cccc(C)c2)cc1. The molecule has 164 valence electrons. The van der Waals surface area contributed by atoms with Crippen LogP contribution in [0.4, 0.5) is 5.95 Å². The fraction of sp³-hybridized carbons (Fsp3) is 0.217. The quantitative estimate of drug-likeness (QED) is 0.345. The summed E-state index contributed by atoms with van der Waals surface area (Å²) in [5, 5.41) is 4.29. The van der Waals surface area contributed by atoms with Crippen molar-refractivity contribution in [3.63, 3.8) is 0 Å². The van der Waals surface area contributed by atoms with E-state index in [1.807, 2.05) is 62.4 Å². The Hall–Kier alpha value is -4.14. The molecule has 0 atom stereocenters. The largest absolute Gasteiger partial charge is 0.494 e. The topological polar surface area (TPSA) is 106 Å². The lowest BCUT2D eigenvalue weighted by Crippen LogP contribution is -2.29. The zero-order chi connectivity index (χ0) is 22.7. The Balaban J connectivity index is 1.71. The van der Waals surface area contributed by atoms with Gasteiger partial charge in [0.25, 0.3) is 5.56 Å². The molecule has 0 aliphatic rings. The average molecular weight is 432 g/mol. The summed E-state index contributed by atoms with van der Waals surface area (Å²) < 4.78 is 8.48. The standard InChI is InChI=1S/C23H24N6O3/c1-4-32-18-10-8-16(9-11-18)13-24-27-22-25-20-19(21(30)26-23(31)28(20)3)29(22)14-17-7-5-6-15(2)12-17/h5-13H,4,14H2,1-3H3,(H,25,27)(H,26,30,31)/b24-13+. The minimum absolute atomic E-state index is 0.283. The number of aromatic nitrogens is 4. The third-order valence-corrected chi connectivity index (χ3v) is 5.00. The minimum Gasteiger partial charge on any atom is -0.494 e. The van der Waals surface area contributed by atoms with E-state index in [9.17, 15) is 9.59 Å². The Morgan fingerprint density at radius 2 is 1.97 bits per heavy atom. The number of fused-ring (bicyclic) bond motifs is 1. The number of aryl methyl sites for hydroxylation is 2. The zero-order valence-electron chi connectivity index (χ0n) is 18.1. The van der Waals surface area contributed by atoms with Crippen LogP contribution in [-0.4, -0.2) is 31.9 Å². The van der Waals surface area contributed by atoms with Crippen molar-refractivity contribution in [3.8, 4) is 5.75 Å². The molecule has 4 aromatic rings. The highest BCUT2D eigenvalue weighted by atomic mass is 16.5. The second kappa shape index (κ2) is 8.93. The number of benzene rings is 2. The molecular formula is C23H24N6O3. The van der Waals surface area contributed by atoms with E-state index in [0.29, 0.717) is 24.6 Å². The zero-order valence-corrected chi connectivity index (χ0v) is 18.1. The second-order valence-electron chi connectivity index (χ2n) is 7.37. The summed E-state index contributed by atoms with van der Waals surface area (Å²) in [7, 11) is 1.57. The van der Waals surface area contributed by atoms with Crippen molar-refractivity contribution in [1.29, 1.82) is 0 Å². The number of aromatic amines is 1. The number of hydrogen-bond acceptors (Lipinski definition) is 6. The first kappa shape index (κ1) is 21.1. The van der Waals surface area contributed by atoms with E-state index in [-0.39, 0.29) is 5.65 Å². The van der Waals surface area contributed by atoms with Crippen LogP contribution < -0.4 is 21.4 Å². The molecule has 0 bridgehead atoms. The first-order valence-electron chi connectivity index (χ1n) is 10.2. The molecule has 2 aromatic carbocycles. The van der Waals surface area contributed by atoms with Gasteiger partial charge in [-0.1, -0.05) is 29.8 Å². The molecule has 4 rings (SSSR count). The number of hydrazone groups is 1. The number of ether oxygens (including phenoxy) is 1. The molecule has 0 amide bonds. The third kappa shape index (κ3) is 4.31. The summed E-state index contributed by atoms with van der Waals surface area (Å²) in [6.45, 7) is 4.93. The number of nitrogens with one attached hydrogen (secondary N) is 2. The Bertz CT molecular complexity index is 1400. The highest BCUT2D eigenvalue weighted by molar-refractivity contribution is 5.80. The predicted molar refractivity (Wildman–Crippen MR) is 125 cm³/mol. The van der Waals surface area contributed by atoms with E-state index >= 15 is 0 Å². The van der Waals surface area contributed by atoms with Crippen molar-refractivity contribution in [2.75, 3.05) is 12.0 Å². The number of H-pyrrole nitrogens is 1. The van der Waals surface area contributed by atoms with Gasteiger partial charge < -0.3 is 4.74 Å². The molecule has 9 heteroatoms. The molecule has 0 unspecified atom stereocenters. The predicted octanol–water partition coefficient (Wildman–Crippen LogP) is 2.62. The number of imidazole rings is 1. The molecule has 0 saturated heterocycles. The molecule has 0 aliphatic heterocycles. The van der Waals surface area contributed by atoms with Crippen LogP contribution in [-0.2, 0) is 13.6 Å². The summed E-state index contributed by atoms with van der Waals surface area (Å²) >= 11 is 0. The van der Waals surface area contributed by atoms with Crippen LogP contribution in [0.5, 0.6) is 5.75 Å². The van der Waals surface area contributed by atoms with Crippen molar-refractivity contribution in [2.45, 2.75) is 20.4 Å². The van der Waals surface area contributed by atoms with Crippen molar-refractivity contribution in [2.24, 2.45) is 12.1 Å². The molecule has 32 heavy (non-hydrogen) atoms. The summed E-state index contributed by atoms with van der Waals surface area (Å²) in [6, 6.07) is 15.5. The van der Waals surface area contributed by atoms with Crippen molar-refractivity contribution in [3.05, 3.63) is 86.1 Å². The molecule has 9 nitrogen and oxygen atoms in total. The fourth-order valence-corrected chi connectivity index (χ4v) is 3.45. The van der Waals surface area contributed by atoms with E-state index in [2.05, 4.69) is 20.5 Å². The number of nitrogens with zero attached hydrogens (tertiary/aromatic N) is 4. The molecule has 2 aromatic heterocycles. The molecule has 2 N–H and O–H groups in total. The van der Waals surface area contributed by atoms with Gasteiger partial charge >= 0.3 is 5.69 Å².